The van der Waals surface area contributed by atoms with E-state index >= 15 is 0 Å². The van der Waals surface area contributed by atoms with Crippen LogP contribution in [-0.2, 0) is 9.84 Å². The number of carbonyl (C=O) groups excluding carboxylic acids is 1. The molecule has 21 heavy (non-hydrogen) atoms. The van der Waals surface area contributed by atoms with Crippen LogP contribution in [0.25, 0.3) is 5.69 Å². The summed E-state index contributed by atoms with van der Waals surface area (Å²) in [5.41, 5.74) is 1.38. The lowest BCUT2D eigenvalue weighted by Gasteiger charge is -2.10. The molecule has 0 radical (unpaired) electrons. The normalized spacial score (nSPS) is 19.5. The van der Waals surface area contributed by atoms with Crippen molar-refractivity contribution in [2.45, 2.75) is 6.04 Å². The van der Waals surface area contributed by atoms with Crippen molar-refractivity contribution < 1.29 is 13.2 Å². The van der Waals surface area contributed by atoms with Crippen LogP contribution in [0, 0.1) is 0 Å². The number of imidazole rings is 1. The number of carbonyl (C=O) groups is 1. The Labute approximate surface area is 122 Å². The van der Waals surface area contributed by atoms with Crippen molar-refractivity contribution in [1.29, 1.82) is 0 Å². The summed E-state index contributed by atoms with van der Waals surface area (Å²) in [7, 11) is -3.17. The molecule has 0 spiro atoms. The predicted octanol–water partition coefficient (Wildman–Crippen LogP) is 0.913. The highest BCUT2D eigenvalue weighted by atomic mass is 32.2. The van der Waals surface area contributed by atoms with Crippen molar-refractivity contribution in [1.82, 2.24) is 14.9 Å². The van der Waals surface area contributed by atoms with E-state index in [9.17, 15) is 13.2 Å². The van der Waals surface area contributed by atoms with Gasteiger partial charge in [-0.15, -0.1) is 0 Å². The molecule has 3 rings (SSSR count). The molecule has 1 amide bonds. The first-order valence-corrected chi connectivity index (χ1v) is 8.05. The van der Waals surface area contributed by atoms with Crippen molar-refractivity contribution in [2.75, 3.05) is 5.75 Å². The fraction of sp³-hybridized carbons (Fsp3) is 0.143. The van der Waals surface area contributed by atoms with Crippen LogP contribution in [-0.4, -0.2) is 35.7 Å². The monoisotopic (exact) mass is 303 g/mol. The number of nitrogens with one attached hydrogen (secondary N) is 1. The minimum absolute atomic E-state index is 0.0775. The van der Waals surface area contributed by atoms with Gasteiger partial charge in [-0.3, -0.25) is 4.79 Å². The molecule has 1 aliphatic heterocycles. The van der Waals surface area contributed by atoms with Gasteiger partial charge < -0.3 is 9.88 Å². The summed E-state index contributed by atoms with van der Waals surface area (Å²) < 4.78 is 24.4. The number of aromatic nitrogens is 2. The van der Waals surface area contributed by atoms with Gasteiger partial charge in [0.15, 0.2) is 9.84 Å². The fourth-order valence-corrected chi connectivity index (χ4v) is 3.35. The lowest BCUT2D eigenvalue weighted by Crippen LogP contribution is -2.35. The lowest BCUT2D eigenvalue weighted by atomic mass is 10.2. The Morgan fingerprint density at radius 2 is 2.05 bits per heavy atom. The van der Waals surface area contributed by atoms with Crippen molar-refractivity contribution in [3.8, 4) is 5.69 Å². The number of hydrogen-bond acceptors (Lipinski definition) is 4. The Balaban J connectivity index is 1.70. The average Bonchev–Trinajstić information content (AvgIpc) is 3.09. The van der Waals surface area contributed by atoms with E-state index < -0.39 is 15.9 Å². The molecule has 0 saturated heterocycles. The van der Waals surface area contributed by atoms with Gasteiger partial charge in [0.25, 0.3) is 5.91 Å². The average molecular weight is 303 g/mol. The van der Waals surface area contributed by atoms with Gasteiger partial charge in [-0.25, -0.2) is 13.4 Å². The summed E-state index contributed by atoms with van der Waals surface area (Å²) in [6.07, 6.45) is 6.65. The molecule has 1 aromatic carbocycles. The zero-order chi connectivity index (χ0) is 14.9. The van der Waals surface area contributed by atoms with Crippen LogP contribution in [0.3, 0.4) is 0 Å². The first-order chi connectivity index (χ1) is 10.0. The van der Waals surface area contributed by atoms with E-state index in [1.807, 2.05) is 10.8 Å². The quantitative estimate of drug-likeness (QED) is 0.914. The maximum absolute atomic E-state index is 12.1. The van der Waals surface area contributed by atoms with E-state index in [1.165, 1.54) is 6.08 Å². The van der Waals surface area contributed by atoms with Gasteiger partial charge >= 0.3 is 0 Å². The first-order valence-electron chi connectivity index (χ1n) is 6.34. The fourth-order valence-electron chi connectivity index (χ4n) is 2.11. The molecule has 7 heteroatoms. The standard InChI is InChI=1S/C14H13N3O3S/c18-14(16-12-5-8-21(19,20)9-12)11-1-3-13(4-2-11)17-7-6-15-10-17/h1-8,10,12H,9H2,(H,16,18)/t12-/m1/s1. The topological polar surface area (TPSA) is 81.1 Å². The molecule has 0 aliphatic carbocycles. The molecular formula is C14H13N3O3S. The number of nitrogens with zero attached hydrogens (tertiary/aromatic N) is 2. The Kier molecular flexibility index (Phi) is 3.34. The Morgan fingerprint density at radius 1 is 1.29 bits per heavy atom. The van der Waals surface area contributed by atoms with Gasteiger partial charge in [0, 0.05) is 29.1 Å². The zero-order valence-corrected chi connectivity index (χ0v) is 11.8. The van der Waals surface area contributed by atoms with Crippen molar-refractivity contribution in [2.24, 2.45) is 0 Å². The van der Waals surface area contributed by atoms with E-state index in [0.29, 0.717) is 5.56 Å². The number of hydrogen-bond donors (Lipinski definition) is 1. The van der Waals surface area contributed by atoms with Gasteiger partial charge in [-0.05, 0) is 30.3 Å². The molecule has 0 fully saturated rings. The number of sulfone groups is 1. The molecule has 108 valence electrons. The molecule has 0 unspecified atom stereocenters. The van der Waals surface area contributed by atoms with Gasteiger partial charge in [-0.2, -0.15) is 0 Å². The molecule has 0 bridgehead atoms. The third-order valence-corrected chi connectivity index (χ3v) is 4.57. The minimum Gasteiger partial charge on any atom is -0.345 e. The second kappa shape index (κ2) is 5.17. The van der Waals surface area contributed by atoms with Crippen LogP contribution in [0.2, 0.25) is 0 Å². The Hall–Kier alpha value is -2.41. The van der Waals surface area contributed by atoms with E-state index in [1.54, 1.807) is 36.8 Å². The summed E-state index contributed by atoms with van der Waals surface area (Å²) in [6, 6.07) is 6.53. The third-order valence-electron chi connectivity index (χ3n) is 3.18. The van der Waals surface area contributed by atoms with Gasteiger partial charge in [0.2, 0.25) is 0 Å². The molecule has 1 aliphatic rings. The van der Waals surface area contributed by atoms with E-state index in [2.05, 4.69) is 10.3 Å². The molecule has 6 nitrogen and oxygen atoms in total. The molecule has 1 aromatic heterocycles. The molecule has 0 saturated carbocycles. The second-order valence-electron chi connectivity index (χ2n) is 4.75. The van der Waals surface area contributed by atoms with Gasteiger partial charge in [-0.1, -0.05) is 0 Å². The summed E-state index contributed by atoms with van der Waals surface area (Å²) >= 11 is 0. The van der Waals surface area contributed by atoms with Crippen LogP contribution in [0.1, 0.15) is 10.4 Å². The largest absolute Gasteiger partial charge is 0.345 e. The van der Waals surface area contributed by atoms with Crippen LogP contribution < -0.4 is 5.32 Å². The Bertz CT molecular complexity index is 777. The zero-order valence-electron chi connectivity index (χ0n) is 11.0. The highest BCUT2D eigenvalue weighted by molar-refractivity contribution is 7.94. The highest BCUT2D eigenvalue weighted by Gasteiger charge is 2.23. The van der Waals surface area contributed by atoms with E-state index in [4.69, 9.17) is 0 Å². The molecule has 1 atom stereocenters. The van der Waals surface area contributed by atoms with Crippen molar-refractivity contribution >= 4 is 15.7 Å². The summed E-state index contributed by atoms with van der Waals surface area (Å²) in [5, 5.41) is 3.82. The Morgan fingerprint density at radius 3 is 2.62 bits per heavy atom. The van der Waals surface area contributed by atoms with Crippen molar-refractivity contribution in [3.05, 3.63) is 60.0 Å². The van der Waals surface area contributed by atoms with Gasteiger partial charge in [0.1, 0.15) is 0 Å². The predicted molar refractivity (Wildman–Crippen MR) is 77.7 cm³/mol. The molecule has 1 N–H and O–H groups in total. The lowest BCUT2D eigenvalue weighted by molar-refractivity contribution is 0.0947. The number of rotatable bonds is 3. The summed E-state index contributed by atoms with van der Waals surface area (Å²) in [5.74, 6) is -0.370. The second-order valence-corrected chi connectivity index (χ2v) is 6.69. The van der Waals surface area contributed by atoms with Crippen LogP contribution in [0.15, 0.2) is 54.5 Å². The highest BCUT2D eigenvalue weighted by Crippen LogP contribution is 2.11. The number of benzene rings is 1. The SMILES string of the molecule is O=C(N[C@@H]1C=CS(=O)(=O)C1)c1ccc(-n2ccnc2)cc1. The van der Waals surface area contributed by atoms with Crippen LogP contribution in [0.5, 0.6) is 0 Å². The minimum atomic E-state index is -3.17. The maximum atomic E-state index is 12.1. The smallest absolute Gasteiger partial charge is 0.251 e. The first kappa shape index (κ1) is 13.6. The van der Waals surface area contributed by atoms with Crippen LogP contribution >= 0.6 is 0 Å². The maximum Gasteiger partial charge on any atom is 0.251 e. The van der Waals surface area contributed by atoms with E-state index in [-0.39, 0.29) is 11.7 Å². The van der Waals surface area contributed by atoms with Crippen LogP contribution in [0.4, 0.5) is 0 Å². The van der Waals surface area contributed by atoms with Crippen molar-refractivity contribution in [3.63, 3.8) is 0 Å². The molecular weight excluding hydrogens is 290 g/mol. The number of amides is 1. The molecule has 2 heterocycles. The summed E-state index contributed by atoms with van der Waals surface area (Å²) in [4.78, 5) is 16.0. The van der Waals surface area contributed by atoms with Gasteiger partial charge in [0.05, 0.1) is 18.1 Å². The van der Waals surface area contributed by atoms with E-state index in [0.717, 1.165) is 11.1 Å². The third kappa shape index (κ3) is 3.03. The summed E-state index contributed by atoms with van der Waals surface area (Å²) in [6.45, 7) is 0. The molecule has 2 aromatic rings.